The van der Waals surface area contributed by atoms with E-state index in [4.69, 9.17) is 14.1 Å². The lowest BCUT2D eigenvalue weighted by Crippen LogP contribution is -2.42. The highest BCUT2D eigenvalue weighted by atomic mass is 79.9. The zero-order chi connectivity index (χ0) is 24.5. The lowest BCUT2D eigenvalue weighted by Gasteiger charge is -2.39. The second-order valence-electron chi connectivity index (χ2n) is 10.2. The van der Waals surface area contributed by atoms with E-state index in [1.165, 1.54) is 4.70 Å². The van der Waals surface area contributed by atoms with Gasteiger partial charge in [0.05, 0.1) is 14.7 Å². The maximum Gasteiger partial charge on any atom is 0.193 e. The summed E-state index contributed by atoms with van der Waals surface area (Å²) in [5.41, 5.74) is 4.42. The lowest BCUT2D eigenvalue weighted by molar-refractivity contribution is 0.220. The molecule has 34 heavy (non-hydrogen) atoms. The number of aromatic nitrogens is 1. The summed E-state index contributed by atoms with van der Waals surface area (Å²) >= 11 is 5.48. The Morgan fingerprint density at radius 3 is 2.35 bits per heavy atom. The molecule has 0 saturated heterocycles. The highest BCUT2D eigenvalue weighted by Gasteiger charge is 2.41. The average molecular weight is 555 g/mol. The molecule has 1 atom stereocenters. The number of ether oxygens (including phenoxy) is 1. The van der Waals surface area contributed by atoms with Gasteiger partial charge >= 0.3 is 0 Å². The van der Waals surface area contributed by atoms with Crippen LogP contribution in [0.4, 0.5) is 0 Å². The number of benzene rings is 3. The van der Waals surface area contributed by atoms with Gasteiger partial charge in [0.2, 0.25) is 0 Å². The molecule has 0 aliphatic heterocycles. The molecule has 6 heteroatoms. The predicted octanol–water partition coefficient (Wildman–Crippen LogP) is 9.06. The number of hydrogen-bond donors (Lipinski definition) is 0. The Morgan fingerprint density at radius 2 is 1.68 bits per heavy atom. The smallest absolute Gasteiger partial charge is 0.193 e. The van der Waals surface area contributed by atoms with Crippen LogP contribution in [0, 0.1) is 6.92 Å². The van der Waals surface area contributed by atoms with E-state index in [9.17, 15) is 0 Å². The van der Waals surface area contributed by atoms with E-state index < -0.39 is 8.32 Å². The van der Waals surface area contributed by atoms with Crippen LogP contribution in [0.1, 0.15) is 48.6 Å². The van der Waals surface area contributed by atoms with Crippen molar-refractivity contribution in [3.63, 3.8) is 0 Å². The zero-order valence-corrected chi connectivity index (χ0v) is 24.1. The molecule has 4 aromatic rings. The molecule has 0 aliphatic carbocycles. The molecule has 0 spiro atoms. The van der Waals surface area contributed by atoms with Crippen molar-refractivity contribution in [1.29, 1.82) is 0 Å². The van der Waals surface area contributed by atoms with Gasteiger partial charge in [0.1, 0.15) is 23.5 Å². The van der Waals surface area contributed by atoms with E-state index in [1.54, 1.807) is 11.3 Å². The highest BCUT2D eigenvalue weighted by Crippen LogP contribution is 2.44. The van der Waals surface area contributed by atoms with Crippen LogP contribution >= 0.6 is 27.3 Å². The third-order valence-electron chi connectivity index (χ3n) is 6.59. The van der Waals surface area contributed by atoms with Gasteiger partial charge in [-0.05, 0) is 81.9 Å². The number of rotatable bonds is 7. The summed E-state index contributed by atoms with van der Waals surface area (Å²) in [6.45, 7) is 14.1. The minimum Gasteiger partial charge on any atom is -0.488 e. The van der Waals surface area contributed by atoms with Gasteiger partial charge in [-0.25, -0.2) is 4.98 Å². The van der Waals surface area contributed by atoms with Gasteiger partial charge in [-0.3, -0.25) is 0 Å². The van der Waals surface area contributed by atoms with Gasteiger partial charge in [-0.15, -0.1) is 11.3 Å². The van der Waals surface area contributed by atoms with Crippen molar-refractivity contribution in [2.45, 2.75) is 58.5 Å². The molecule has 1 unspecified atom stereocenters. The summed E-state index contributed by atoms with van der Waals surface area (Å²) in [5, 5.41) is 1.09. The number of hydrogen-bond acceptors (Lipinski definition) is 4. The molecule has 3 nitrogen and oxygen atoms in total. The normalized spacial score (nSPS) is 13.3. The summed E-state index contributed by atoms with van der Waals surface area (Å²) in [6.07, 6.45) is -0.224. The first-order valence-electron chi connectivity index (χ1n) is 11.6. The molecule has 0 bridgehead atoms. The second kappa shape index (κ2) is 9.94. The topological polar surface area (TPSA) is 31.4 Å². The van der Waals surface area contributed by atoms with Crippen molar-refractivity contribution in [2.24, 2.45) is 0 Å². The Hall–Kier alpha value is -1.99. The van der Waals surface area contributed by atoms with Crippen molar-refractivity contribution in [1.82, 2.24) is 4.98 Å². The third kappa shape index (κ3) is 5.46. The van der Waals surface area contributed by atoms with Crippen molar-refractivity contribution < 1.29 is 9.16 Å². The van der Waals surface area contributed by atoms with Crippen LogP contribution in [0.2, 0.25) is 18.1 Å². The molecule has 0 amide bonds. The first-order chi connectivity index (χ1) is 16.0. The Bertz CT molecular complexity index is 1250. The summed E-state index contributed by atoms with van der Waals surface area (Å²) in [5.74, 6) is 0.834. The monoisotopic (exact) mass is 553 g/mol. The molecule has 3 aromatic carbocycles. The second-order valence-corrected chi connectivity index (χ2v) is 16.9. The lowest BCUT2D eigenvalue weighted by atomic mass is 10.0. The molecule has 178 valence electrons. The molecular weight excluding hydrogens is 522 g/mol. The third-order valence-corrected chi connectivity index (χ3v) is 12.7. The largest absolute Gasteiger partial charge is 0.488 e. The first-order valence-corrected chi connectivity index (χ1v) is 16.1. The minimum atomic E-state index is -2.08. The van der Waals surface area contributed by atoms with Gasteiger partial charge in [0, 0.05) is 0 Å². The predicted molar refractivity (Wildman–Crippen MR) is 149 cm³/mol. The summed E-state index contributed by atoms with van der Waals surface area (Å²) in [7, 11) is -2.08. The molecule has 1 aromatic heterocycles. The van der Waals surface area contributed by atoms with Crippen LogP contribution < -0.4 is 4.74 Å². The molecule has 4 rings (SSSR count). The average Bonchev–Trinajstić information content (AvgIpc) is 3.22. The summed E-state index contributed by atoms with van der Waals surface area (Å²) < 4.78 is 15.3. The minimum absolute atomic E-state index is 0.0891. The van der Waals surface area contributed by atoms with Crippen LogP contribution in [-0.2, 0) is 11.0 Å². The summed E-state index contributed by atoms with van der Waals surface area (Å²) in [6, 6.07) is 22.8. The van der Waals surface area contributed by atoms with Crippen LogP contribution in [0.25, 0.3) is 10.2 Å². The number of thiazole rings is 1. The summed E-state index contributed by atoms with van der Waals surface area (Å²) in [4.78, 5) is 4.99. The van der Waals surface area contributed by atoms with Gasteiger partial charge in [-0.1, -0.05) is 63.2 Å². The number of fused-ring (bicyclic) bond motifs is 1. The standard InChI is InChI=1S/C28H32BrNO2SSi/c1-19-16-24(31-18-20-12-8-7-9-13-20)22(29)17-21(19)26(32-34(5,6)28(2,3)4)27-30-23-14-10-11-15-25(23)33-27/h7-17,26H,18H2,1-6H3. The van der Waals surface area contributed by atoms with Crippen molar-refractivity contribution in [2.75, 3.05) is 0 Å². The van der Waals surface area contributed by atoms with Gasteiger partial charge < -0.3 is 9.16 Å². The highest BCUT2D eigenvalue weighted by molar-refractivity contribution is 9.10. The van der Waals surface area contributed by atoms with E-state index >= 15 is 0 Å². The Balaban J connectivity index is 1.72. The number of aryl methyl sites for hydroxylation is 1. The molecule has 0 N–H and O–H groups in total. The number of nitrogens with zero attached hydrogens (tertiary/aromatic N) is 1. The van der Waals surface area contributed by atoms with Gasteiger partial charge in [0.15, 0.2) is 8.32 Å². The first kappa shape index (κ1) is 25.1. The van der Waals surface area contributed by atoms with E-state index in [0.717, 1.165) is 37.4 Å². The molecular formula is C28H32BrNO2SSi. The fourth-order valence-electron chi connectivity index (χ4n) is 3.52. The maximum absolute atomic E-state index is 7.03. The maximum atomic E-state index is 7.03. The molecule has 1 heterocycles. The Morgan fingerprint density at radius 1 is 1.00 bits per heavy atom. The van der Waals surface area contributed by atoms with Crippen LogP contribution in [-0.4, -0.2) is 13.3 Å². The molecule has 0 aliphatic rings. The van der Waals surface area contributed by atoms with Gasteiger partial charge in [-0.2, -0.15) is 0 Å². The van der Waals surface area contributed by atoms with E-state index in [-0.39, 0.29) is 11.1 Å². The van der Waals surface area contributed by atoms with Crippen molar-refractivity contribution in [3.8, 4) is 5.75 Å². The fourth-order valence-corrected chi connectivity index (χ4v) is 6.28. The number of para-hydroxylation sites is 1. The Labute approximate surface area is 216 Å². The fraction of sp³-hybridized carbons (Fsp3) is 0.321. The SMILES string of the molecule is Cc1cc(OCc2ccccc2)c(Br)cc1C(O[Si](C)(C)C(C)(C)C)c1nc2ccccc2s1. The van der Waals surface area contributed by atoms with E-state index in [2.05, 4.69) is 99.2 Å². The number of halogens is 1. The van der Waals surface area contributed by atoms with E-state index in [1.807, 2.05) is 24.3 Å². The molecule has 0 saturated carbocycles. The van der Waals surface area contributed by atoms with Crippen LogP contribution in [0.3, 0.4) is 0 Å². The van der Waals surface area contributed by atoms with Crippen molar-refractivity contribution in [3.05, 3.63) is 92.9 Å². The Kier molecular flexibility index (Phi) is 7.34. The van der Waals surface area contributed by atoms with Gasteiger partial charge in [0.25, 0.3) is 0 Å². The molecule has 0 fully saturated rings. The van der Waals surface area contributed by atoms with Crippen LogP contribution in [0.15, 0.2) is 71.2 Å². The zero-order valence-electron chi connectivity index (χ0n) is 20.7. The van der Waals surface area contributed by atoms with Crippen molar-refractivity contribution >= 4 is 45.8 Å². The van der Waals surface area contributed by atoms with Crippen LogP contribution in [0.5, 0.6) is 5.75 Å². The quantitative estimate of drug-likeness (QED) is 0.214. The molecule has 0 radical (unpaired) electrons. The van der Waals surface area contributed by atoms with E-state index in [0.29, 0.717) is 6.61 Å².